The summed E-state index contributed by atoms with van der Waals surface area (Å²) in [6, 6.07) is 4.84. The van der Waals surface area contributed by atoms with Gasteiger partial charge >= 0.3 is 0 Å². The molecule has 0 radical (unpaired) electrons. The van der Waals surface area contributed by atoms with Crippen molar-refractivity contribution in [3.8, 4) is 0 Å². The highest BCUT2D eigenvalue weighted by molar-refractivity contribution is 5.09. The zero-order valence-corrected chi connectivity index (χ0v) is 13.4. The molecule has 1 atom stereocenters. The fourth-order valence-corrected chi connectivity index (χ4v) is 2.37. The van der Waals surface area contributed by atoms with Gasteiger partial charge in [0.15, 0.2) is 0 Å². The molecule has 0 aromatic carbocycles. The molecule has 0 saturated carbocycles. The second-order valence-electron chi connectivity index (χ2n) is 5.58. The van der Waals surface area contributed by atoms with E-state index in [0.29, 0.717) is 6.04 Å². The average molecular weight is 277 g/mol. The lowest BCUT2D eigenvalue weighted by molar-refractivity contribution is 0.273. The van der Waals surface area contributed by atoms with E-state index in [4.69, 9.17) is 0 Å². The van der Waals surface area contributed by atoms with Crippen LogP contribution in [0.3, 0.4) is 0 Å². The van der Waals surface area contributed by atoms with Crippen LogP contribution in [0, 0.1) is 0 Å². The zero-order valence-electron chi connectivity index (χ0n) is 13.4. The van der Waals surface area contributed by atoms with Gasteiger partial charge in [0.25, 0.3) is 0 Å². The van der Waals surface area contributed by atoms with E-state index in [0.717, 1.165) is 26.2 Å². The van der Waals surface area contributed by atoms with Gasteiger partial charge in [0.1, 0.15) is 0 Å². The molecule has 1 unspecified atom stereocenters. The second-order valence-corrected chi connectivity index (χ2v) is 5.58. The maximum absolute atomic E-state index is 4.07. The molecule has 0 saturated heterocycles. The third kappa shape index (κ3) is 7.61. The standard InChI is InChI=1S/C17H31N3/c1-4-6-7-8-16(3)19-13-14-20(5-2)15-17-9-11-18-12-10-17/h9-12,16,19H,4-8,13-15H2,1-3H3. The molecule has 114 valence electrons. The summed E-state index contributed by atoms with van der Waals surface area (Å²) in [6.45, 7) is 11.1. The molecule has 0 aliphatic carbocycles. The molecule has 1 aromatic heterocycles. The van der Waals surface area contributed by atoms with Gasteiger partial charge in [0, 0.05) is 38.1 Å². The van der Waals surface area contributed by atoms with Crippen LogP contribution < -0.4 is 5.32 Å². The predicted molar refractivity (Wildman–Crippen MR) is 86.8 cm³/mol. The van der Waals surface area contributed by atoms with Crippen LogP contribution >= 0.6 is 0 Å². The highest BCUT2D eigenvalue weighted by Gasteiger charge is 2.05. The van der Waals surface area contributed by atoms with Crippen LogP contribution in [0.5, 0.6) is 0 Å². The van der Waals surface area contributed by atoms with E-state index in [2.05, 4.69) is 48.1 Å². The molecule has 0 fully saturated rings. The van der Waals surface area contributed by atoms with Gasteiger partial charge in [-0.2, -0.15) is 0 Å². The molecule has 1 heterocycles. The fourth-order valence-electron chi connectivity index (χ4n) is 2.37. The van der Waals surface area contributed by atoms with Gasteiger partial charge in [0.2, 0.25) is 0 Å². The Bertz CT molecular complexity index is 326. The molecule has 0 amide bonds. The third-order valence-corrected chi connectivity index (χ3v) is 3.76. The minimum atomic E-state index is 0.640. The first-order valence-corrected chi connectivity index (χ1v) is 8.10. The van der Waals surface area contributed by atoms with Crippen LogP contribution in [0.25, 0.3) is 0 Å². The minimum absolute atomic E-state index is 0.640. The van der Waals surface area contributed by atoms with Crippen molar-refractivity contribution in [1.29, 1.82) is 0 Å². The van der Waals surface area contributed by atoms with Gasteiger partial charge in [0.05, 0.1) is 0 Å². The SMILES string of the molecule is CCCCCC(C)NCCN(CC)Cc1ccncc1. The Balaban J connectivity index is 2.18. The van der Waals surface area contributed by atoms with E-state index >= 15 is 0 Å². The van der Waals surface area contributed by atoms with Gasteiger partial charge in [-0.15, -0.1) is 0 Å². The van der Waals surface area contributed by atoms with E-state index in [1.807, 2.05) is 12.4 Å². The Morgan fingerprint density at radius 1 is 1.20 bits per heavy atom. The van der Waals surface area contributed by atoms with E-state index in [1.54, 1.807) is 0 Å². The highest BCUT2D eigenvalue weighted by Crippen LogP contribution is 2.04. The topological polar surface area (TPSA) is 28.2 Å². The van der Waals surface area contributed by atoms with Crippen molar-refractivity contribution in [2.24, 2.45) is 0 Å². The van der Waals surface area contributed by atoms with Crippen molar-refractivity contribution < 1.29 is 0 Å². The Morgan fingerprint density at radius 3 is 2.60 bits per heavy atom. The second kappa shape index (κ2) is 10.8. The molecular formula is C17H31N3. The molecule has 1 aromatic rings. The van der Waals surface area contributed by atoms with E-state index in [1.165, 1.54) is 31.2 Å². The number of likely N-dealkylation sites (N-methyl/N-ethyl adjacent to an activating group) is 1. The summed E-state index contributed by atoms with van der Waals surface area (Å²) >= 11 is 0. The highest BCUT2D eigenvalue weighted by atomic mass is 15.1. The molecule has 3 nitrogen and oxygen atoms in total. The van der Waals surface area contributed by atoms with Crippen molar-refractivity contribution in [2.75, 3.05) is 19.6 Å². The van der Waals surface area contributed by atoms with Gasteiger partial charge in [-0.25, -0.2) is 0 Å². The molecule has 0 spiro atoms. The smallest absolute Gasteiger partial charge is 0.0271 e. The summed E-state index contributed by atoms with van der Waals surface area (Å²) in [5.74, 6) is 0. The van der Waals surface area contributed by atoms with Gasteiger partial charge in [-0.1, -0.05) is 33.1 Å². The molecule has 0 aliphatic heterocycles. The van der Waals surface area contributed by atoms with Gasteiger partial charge in [-0.05, 0) is 37.6 Å². The van der Waals surface area contributed by atoms with Crippen LogP contribution in [-0.4, -0.2) is 35.6 Å². The van der Waals surface area contributed by atoms with E-state index in [9.17, 15) is 0 Å². The van der Waals surface area contributed by atoms with Crippen LogP contribution in [0.4, 0.5) is 0 Å². The molecule has 0 aliphatic rings. The van der Waals surface area contributed by atoms with Gasteiger partial charge < -0.3 is 5.32 Å². The Labute approximate surface area is 124 Å². The molecule has 1 N–H and O–H groups in total. The lowest BCUT2D eigenvalue weighted by Gasteiger charge is -2.22. The number of hydrogen-bond acceptors (Lipinski definition) is 3. The van der Waals surface area contributed by atoms with Crippen LogP contribution in [0.15, 0.2) is 24.5 Å². The first-order chi connectivity index (χ1) is 9.76. The number of aromatic nitrogens is 1. The van der Waals surface area contributed by atoms with Crippen molar-refractivity contribution in [2.45, 2.75) is 59.0 Å². The van der Waals surface area contributed by atoms with Crippen molar-refractivity contribution in [3.05, 3.63) is 30.1 Å². The molecular weight excluding hydrogens is 246 g/mol. The number of unbranched alkanes of at least 4 members (excludes halogenated alkanes) is 2. The number of nitrogens with zero attached hydrogens (tertiary/aromatic N) is 2. The first-order valence-electron chi connectivity index (χ1n) is 8.10. The Kier molecular flexibility index (Phi) is 9.25. The average Bonchev–Trinajstić information content (AvgIpc) is 2.47. The number of rotatable bonds is 11. The van der Waals surface area contributed by atoms with Crippen LogP contribution in [0.1, 0.15) is 52.0 Å². The maximum atomic E-state index is 4.07. The molecule has 20 heavy (non-hydrogen) atoms. The summed E-state index contributed by atoms with van der Waals surface area (Å²) in [5.41, 5.74) is 1.35. The maximum Gasteiger partial charge on any atom is 0.0271 e. The van der Waals surface area contributed by atoms with E-state index in [-0.39, 0.29) is 0 Å². The predicted octanol–water partition coefficient (Wildman–Crippen LogP) is 3.46. The third-order valence-electron chi connectivity index (χ3n) is 3.76. The summed E-state index contributed by atoms with van der Waals surface area (Å²) in [6.07, 6.45) is 9.05. The summed E-state index contributed by atoms with van der Waals surface area (Å²) in [4.78, 5) is 6.54. The summed E-state index contributed by atoms with van der Waals surface area (Å²) < 4.78 is 0. The van der Waals surface area contributed by atoms with Crippen molar-refractivity contribution >= 4 is 0 Å². The van der Waals surface area contributed by atoms with Crippen LogP contribution in [-0.2, 0) is 6.54 Å². The fraction of sp³-hybridized carbons (Fsp3) is 0.706. The van der Waals surface area contributed by atoms with Gasteiger partial charge in [-0.3, -0.25) is 9.88 Å². The van der Waals surface area contributed by atoms with E-state index < -0.39 is 0 Å². The first kappa shape index (κ1) is 17.1. The molecule has 3 heteroatoms. The number of hydrogen-bond donors (Lipinski definition) is 1. The quantitative estimate of drug-likeness (QED) is 0.628. The monoisotopic (exact) mass is 277 g/mol. The molecule has 0 bridgehead atoms. The lowest BCUT2D eigenvalue weighted by Crippen LogP contribution is -2.35. The Hall–Kier alpha value is -0.930. The van der Waals surface area contributed by atoms with Crippen molar-refractivity contribution in [3.63, 3.8) is 0 Å². The molecule has 1 rings (SSSR count). The number of pyridine rings is 1. The summed E-state index contributed by atoms with van der Waals surface area (Å²) in [7, 11) is 0. The lowest BCUT2D eigenvalue weighted by atomic mass is 10.1. The largest absolute Gasteiger partial charge is 0.313 e. The zero-order chi connectivity index (χ0) is 14.6. The summed E-state index contributed by atoms with van der Waals surface area (Å²) in [5, 5.41) is 3.64. The number of nitrogens with one attached hydrogen (secondary N) is 1. The van der Waals surface area contributed by atoms with Crippen LogP contribution in [0.2, 0.25) is 0 Å². The Morgan fingerprint density at radius 2 is 1.95 bits per heavy atom. The normalized spacial score (nSPS) is 12.8. The van der Waals surface area contributed by atoms with Crippen molar-refractivity contribution in [1.82, 2.24) is 15.2 Å². The minimum Gasteiger partial charge on any atom is -0.313 e.